The van der Waals surface area contributed by atoms with Crippen LogP contribution in [0.1, 0.15) is 59.3 Å². The van der Waals surface area contributed by atoms with Crippen LogP contribution in [0.3, 0.4) is 0 Å². The monoisotopic (exact) mass is 223 g/mol. The van der Waals surface area contributed by atoms with Crippen molar-refractivity contribution >= 4 is 5.91 Å². The molecule has 0 N–H and O–H groups in total. The van der Waals surface area contributed by atoms with Gasteiger partial charge >= 0.3 is 0 Å². The first-order valence-electron chi connectivity index (χ1n) is 6.93. The summed E-state index contributed by atoms with van der Waals surface area (Å²) in [5, 5.41) is 0. The van der Waals surface area contributed by atoms with Crippen molar-refractivity contribution in [1.29, 1.82) is 0 Å². The summed E-state index contributed by atoms with van der Waals surface area (Å²) in [6, 6.07) is 0.992. The maximum absolute atomic E-state index is 12.5. The largest absolute Gasteiger partial charge is 0.337 e. The molecule has 0 unspecified atom stereocenters. The van der Waals surface area contributed by atoms with Crippen molar-refractivity contribution < 1.29 is 4.79 Å². The van der Waals surface area contributed by atoms with Crippen LogP contribution in [0.4, 0.5) is 0 Å². The number of amides is 1. The van der Waals surface area contributed by atoms with Crippen LogP contribution >= 0.6 is 0 Å². The highest BCUT2D eigenvalue weighted by atomic mass is 16.2. The third kappa shape index (κ3) is 2.41. The van der Waals surface area contributed by atoms with Crippen molar-refractivity contribution in [3.63, 3.8) is 0 Å². The Bertz CT molecular complexity index is 251. The van der Waals surface area contributed by atoms with Gasteiger partial charge in [-0.1, -0.05) is 26.7 Å². The lowest BCUT2D eigenvalue weighted by molar-refractivity contribution is -0.139. The van der Waals surface area contributed by atoms with Gasteiger partial charge in [0.2, 0.25) is 5.91 Å². The minimum atomic E-state index is 0.349. The van der Waals surface area contributed by atoms with E-state index in [9.17, 15) is 4.79 Å². The van der Waals surface area contributed by atoms with Crippen LogP contribution in [0.5, 0.6) is 0 Å². The van der Waals surface area contributed by atoms with Gasteiger partial charge in [-0.2, -0.15) is 0 Å². The predicted molar refractivity (Wildman–Crippen MR) is 66.1 cm³/mol. The minimum absolute atomic E-state index is 0.349. The molecular weight excluding hydrogens is 198 g/mol. The van der Waals surface area contributed by atoms with Crippen LogP contribution in [0, 0.1) is 11.8 Å². The van der Waals surface area contributed by atoms with Crippen LogP contribution in [0.2, 0.25) is 0 Å². The average Bonchev–Trinajstić information content (AvgIpc) is 2.93. The number of rotatable bonds is 4. The second kappa shape index (κ2) is 4.77. The molecule has 0 radical (unpaired) electrons. The van der Waals surface area contributed by atoms with Crippen LogP contribution in [0.15, 0.2) is 0 Å². The first-order valence-corrected chi connectivity index (χ1v) is 6.93. The highest BCUT2D eigenvalue weighted by Gasteiger charge is 2.39. The van der Waals surface area contributed by atoms with Gasteiger partial charge in [-0.15, -0.1) is 0 Å². The van der Waals surface area contributed by atoms with Crippen molar-refractivity contribution in [2.24, 2.45) is 11.8 Å². The van der Waals surface area contributed by atoms with E-state index in [2.05, 4.69) is 25.7 Å². The van der Waals surface area contributed by atoms with E-state index in [1.807, 2.05) is 0 Å². The number of hydrogen-bond donors (Lipinski definition) is 0. The van der Waals surface area contributed by atoms with Crippen molar-refractivity contribution in [3.8, 4) is 0 Å². The van der Waals surface area contributed by atoms with E-state index in [-0.39, 0.29) is 0 Å². The molecule has 1 amide bonds. The van der Waals surface area contributed by atoms with E-state index >= 15 is 0 Å². The SMILES string of the molecule is CC(C)[C@@H](C)N(C(=O)C1CCCC1)C1CC1. The van der Waals surface area contributed by atoms with Crippen molar-refractivity contribution in [2.45, 2.75) is 71.4 Å². The molecule has 2 rings (SSSR count). The molecule has 0 aliphatic heterocycles. The molecule has 1 atom stereocenters. The van der Waals surface area contributed by atoms with E-state index in [1.165, 1.54) is 25.7 Å². The standard InChI is InChI=1S/C14H25NO/c1-10(2)11(3)15(13-8-9-13)14(16)12-6-4-5-7-12/h10-13H,4-9H2,1-3H3/t11-/m1/s1. The summed E-state index contributed by atoms with van der Waals surface area (Å²) in [6.45, 7) is 6.67. The van der Waals surface area contributed by atoms with Crippen LogP contribution in [-0.4, -0.2) is 22.9 Å². The first kappa shape index (κ1) is 11.9. The normalized spacial score (nSPS) is 23.8. The third-order valence-corrected chi connectivity index (χ3v) is 4.30. The number of carbonyl (C=O) groups excluding carboxylic acids is 1. The molecule has 2 heteroatoms. The minimum Gasteiger partial charge on any atom is -0.337 e. The lowest BCUT2D eigenvalue weighted by atomic mass is 10.00. The van der Waals surface area contributed by atoms with E-state index in [0.29, 0.717) is 29.8 Å². The summed E-state index contributed by atoms with van der Waals surface area (Å²) in [6.07, 6.45) is 7.24. The van der Waals surface area contributed by atoms with E-state index < -0.39 is 0 Å². The van der Waals surface area contributed by atoms with Crippen LogP contribution in [-0.2, 0) is 4.79 Å². The summed E-state index contributed by atoms with van der Waals surface area (Å²) in [5.41, 5.74) is 0. The Labute approximate surface area is 99.4 Å². The fourth-order valence-electron chi connectivity index (χ4n) is 2.77. The molecule has 16 heavy (non-hydrogen) atoms. The number of nitrogens with zero attached hydrogens (tertiary/aromatic N) is 1. The molecule has 0 aromatic rings. The fraction of sp³-hybridized carbons (Fsp3) is 0.929. The van der Waals surface area contributed by atoms with Gasteiger partial charge in [-0.3, -0.25) is 4.79 Å². The second-order valence-corrected chi connectivity index (χ2v) is 5.94. The molecular formula is C14H25NO. The third-order valence-electron chi connectivity index (χ3n) is 4.30. The van der Waals surface area contributed by atoms with E-state index in [1.54, 1.807) is 0 Å². The Morgan fingerprint density at radius 1 is 1.06 bits per heavy atom. The van der Waals surface area contributed by atoms with Crippen molar-refractivity contribution in [2.75, 3.05) is 0 Å². The molecule has 92 valence electrons. The Kier molecular flexibility index (Phi) is 3.56. The summed E-state index contributed by atoms with van der Waals surface area (Å²) in [4.78, 5) is 14.7. The van der Waals surface area contributed by atoms with Crippen molar-refractivity contribution in [3.05, 3.63) is 0 Å². The lowest BCUT2D eigenvalue weighted by Crippen LogP contribution is -2.45. The highest BCUT2D eigenvalue weighted by molar-refractivity contribution is 5.80. The zero-order valence-electron chi connectivity index (χ0n) is 10.9. The molecule has 0 saturated heterocycles. The van der Waals surface area contributed by atoms with Gasteiger partial charge in [0, 0.05) is 18.0 Å². The molecule has 0 spiro atoms. The number of hydrogen-bond acceptors (Lipinski definition) is 1. The average molecular weight is 223 g/mol. The van der Waals surface area contributed by atoms with Gasteiger partial charge in [0.05, 0.1) is 0 Å². The Balaban J connectivity index is 2.03. The van der Waals surface area contributed by atoms with Gasteiger partial charge in [0.15, 0.2) is 0 Å². The summed E-state index contributed by atoms with van der Waals surface area (Å²) >= 11 is 0. The summed E-state index contributed by atoms with van der Waals surface area (Å²) < 4.78 is 0. The Morgan fingerprint density at radius 3 is 2.06 bits per heavy atom. The van der Waals surface area contributed by atoms with Crippen LogP contribution in [0.25, 0.3) is 0 Å². The summed E-state index contributed by atoms with van der Waals surface area (Å²) in [7, 11) is 0. The first-order chi connectivity index (χ1) is 7.61. The highest BCUT2D eigenvalue weighted by Crippen LogP contribution is 2.35. The molecule has 2 aliphatic carbocycles. The van der Waals surface area contributed by atoms with Gasteiger partial charge in [-0.05, 0) is 38.5 Å². The van der Waals surface area contributed by atoms with Gasteiger partial charge in [0.25, 0.3) is 0 Å². The smallest absolute Gasteiger partial charge is 0.226 e. The van der Waals surface area contributed by atoms with E-state index in [0.717, 1.165) is 12.8 Å². The zero-order chi connectivity index (χ0) is 11.7. The Morgan fingerprint density at radius 2 is 1.62 bits per heavy atom. The molecule has 2 fully saturated rings. The fourth-order valence-corrected chi connectivity index (χ4v) is 2.77. The maximum Gasteiger partial charge on any atom is 0.226 e. The summed E-state index contributed by atoms with van der Waals surface area (Å²) in [5.74, 6) is 1.38. The second-order valence-electron chi connectivity index (χ2n) is 5.94. The molecule has 0 bridgehead atoms. The van der Waals surface area contributed by atoms with Gasteiger partial charge in [-0.25, -0.2) is 0 Å². The topological polar surface area (TPSA) is 20.3 Å². The molecule has 2 aliphatic rings. The quantitative estimate of drug-likeness (QED) is 0.716. The molecule has 2 nitrogen and oxygen atoms in total. The molecule has 2 saturated carbocycles. The van der Waals surface area contributed by atoms with Crippen molar-refractivity contribution in [1.82, 2.24) is 4.90 Å². The molecule has 0 aromatic carbocycles. The zero-order valence-corrected chi connectivity index (χ0v) is 10.9. The predicted octanol–water partition coefficient (Wildman–Crippen LogP) is 3.21. The Hall–Kier alpha value is -0.530. The van der Waals surface area contributed by atoms with E-state index in [4.69, 9.17) is 0 Å². The number of carbonyl (C=O) groups is 1. The molecule has 0 aromatic heterocycles. The lowest BCUT2D eigenvalue weighted by Gasteiger charge is -2.34. The van der Waals surface area contributed by atoms with Crippen LogP contribution < -0.4 is 0 Å². The van der Waals surface area contributed by atoms with Gasteiger partial charge < -0.3 is 4.90 Å². The maximum atomic E-state index is 12.5. The van der Waals surface area contributed by atoms with Gasteiger partial charge in [0.1, 0.15) is 0 Å². The molecule has 0 heterocycles.